The summed E-state index contributed by atoms with van der Waals surface area (Å²) < 4.78 is 3.37. The van der Waals surface area contributed by atoms with Gasteiger partial charge in [-0.1, -0.05) is 11.8 Å². The van der Waals surface area contributed by atoms with Crippen LogP contribution < -0.4 is 0 Å². The number of nitrogens with one attached hydrogen (secondary N) is 1. The third-order valence-electron chi connectivity index (χ3n) is 3.06. The monoisotopic (exact) mass is 377 g/mol. The maximum Gasteiger partial charge on any atom is 0.269 e. The van der Waals surface area contributed by atoms with Gasteiger partial charge in [-0.25, -0.2) is 4.68 Å². The molecule has 0 saturated carbocycles. The van der Waals surface area contributed by atoms with Crippen LogP contribution >= 0.6 is 24.0 Å². The topological polar surface area (TPSA) is 133 Å². The van der Waals surface area contributed by atoms with Gasteiger partial charge in [-0.3, -0.25) is 15.2 Å². The average molecular weight is 377 g/mol. The third kappa shape index (κ3) is 3.95. The Labute approximate surface area is 149 Å². The van der Waals surface area contributed by atoms with E-state index in [4.69, 9.17) is 12.2 Å². The van der Waals surface area contributed by atoms with Crippen molar-refractivity contribution in [2.45, 2.75) is 10.9 Å². The fraction of sp³-hybridized carbons (Fsp3) is 0.167. The van der Waals surface area contributed by atoms with Gasteiger partial charge in [-0.05, 0) is 40.3 Å². The van der Waals surface area contributed by atoms with Gasteiger partial charge in [-0.2, -0.15) is 14.9 Å². The molecule has 0 bridgehead atoms. The van der Waals surface area contributed by atoms with Crippen molar-refractivity contribution < 1.29 is 4.92 Å². The van der Waals surface area contributed by atoms with E-state index in [9.17, 15) is 10.1 Å². The number of nitro groups is 1. The number of non-ortho nitro benzene ring substituents is 1. The molecule has 1 N–H and O–H groups in total. The van der Waals surface area contributed by atoms with E-state index in [-0.39, 0.29) is 5.69 Å². The molecule has 11 nitrogen and oxygen atoms in total. The standard InChI is InChI=1S/C12H11N9O2S2/c1-19-12(16-17-18-19)25-7-10-14-15-11(24)20(10)13-6-8-2-4-9(5-3-8)21(22)23/h2-6H,7H2,1H3,(H,15,24)/b13-6+. The molecular weight excluding hydrogens is 366 g/mol. The van der Waals surface area contributed by atoms with Gasteiger partial charge in [0.1, 0.15) is 0 Å². The summed E-state index contributed by atoms with van der Waals surface area (Å²) in [6.45, 7) is 0. The quantitative estimate of drug-likeness (QED) is 0.225. The van der Waals surface area contributed by atoms with Crippen molar-refractivity contribution in [3.05, 3.63) is 50.5 Å². The highest BCUT2D eigenvalue weighted by molar-refractivity contribution is 7.98. The number of benzene rings is 1. The van der Waals surface area contributed by atoms with Gasteiger partial charge in [0.2, 0.25) is 9.93 Å². The van der Waals surface area contributed by atoms with Gasteiger partial charge < -0.3 is 0 Å². The van der Waals surface area contributed by atoms with E-state index in [1.54, 1.807) is 30.1 Å². The molecule has 0 aliphatic carbocycles. The number of hydrogen-bond acceptors (Lipinski definition) is 9. The lowest BCUT2D eigenvalue weighted by molar-refractivity contribution is -0.384. The number of hydrogen-bond donors (Lipinski definition) is 1. The molecule has 0 atom stereocenters. The second-order valence-electron chi connectivity index (χ2n) is 4.72. The van der Waals surface area contributed by atoms with Crippen LogP contribution in [0.15, 0.2) is 34.5 Å². The second kappa shape index (κ2) is 7.31. The number of rotatable bonds is 6. The van der Waals surface area contributed by atoms with E-state index in [1.807, 2.05) is 0 Å². The Balaban J connectivity index is 1.76. The fourth-order valence-corrected chi connectivity index (χ4v) is 2.78. The summed E-state index contributed by atoms with van der Waals surface area (Å²) in [6, 6.07) is 6.03. The van der Waals surface area contributed by atoms with Crippen LogP contribution in [-0.4, -0.2) is 46.2 Å². The highest BCUT2D eigenvalue weighted by Gasteiger charge is 2.09. The smallest absolute Gasteiger partial charge is 0.258 e. The summed E-state index contributed by atoms with van der Waals surface area (Å²) in [6.07, 6.45) is 1.55. The molecule has 0 aliphatic heterocycles. The minimum absolute atomic E-state index is 0.0199. The second-order valence-corrected chi connectivity index (χ2v) is 6.05. The van der Waals surface area contributed by atoms with Crippen molar-refractivity contribution >= 4 is 35.9 Å². The zero-order chi connectivity index (χ0) is 17.8. The van der Waals surface area contributed by atoms with Crippen LogP contribution in [0.1, 0.15) is 11.4 Å². The zero-order valence-corrected chi connectivity index (χ0v) is 14.4. The van der Waals surface area contributed by atoms with Crippen LogP contribution in [0, 0.1) is 14.9 Å². The van der Waals surface area contributed by atoms with Gasteiger partial charge >= 0.3 is 0 Å². The van der Waals surface area contributed by atoms with Gasteiger partial charge in [0.25, 0.3) is 5.69 Å². The first kappa shape index (κ1) is 16.9. The molecule has 13 heteroatoms. The first-order chi connectivity index (χ1) is 12.0. The first-order valence-electron chi connectivity index (χ1n) is 6.85. The molecule has 25 heavy (non-hydrogen) atoms. The molecule has 0 radical (unpaired) electrons. The van der Waals surface area contributed by atoms with Crippen molar-refractivity contribution in [3.8, 4) is 0 Å². The van der Waals surface area contributed by atoms with E-state index in [0.717, 1.165) is 0 Å². The molecule has 0 fully saturated rings. The Kier molecular flexibility index (Phi) is 4.95. The summed E-state index contributed by atoms with van der Waals surface area (Å²) in [4.78, 5) is 10.2. The molecular formula is C12H11N9O2S2. The Morgan fingerprint density at radius 1 is 1.44 bits per heavy atom. The fourth-order valence-electron chi connectivity index (χ4n) is 1.82. The normalized spacial score (nSPS) is 11.2. The van der Waals surface area contributed by atoms with E-state index >= 15 is 0 Å². The number of nitrogens with zero attached hydrogens (tertiary/aromatic N) is 8. The average Bonchev–Trinajstić information content (AvgIpc) is 3.17. The predicted molar refractivity (Wildman–Crippen MR) is 91.9 cm³/mol. The number of thioether (sulfide) groups is 1. The molecule has 0 spiro atoms. The molecule has 3 rings (SSSR count). The molecule has 0 aliphatic rings. The number of aryl methyl sites for hydroxylation is 1. The molecule has 0 amide bonds. The molecule has 128 valence electrons. The lowest BCUT2D eigenvalue weighted by Gasteiger charge is -2.00. The van der Waals surface area contributed by atoms with Crippen LogP contribution in [0.25, 0.3) is 0 Å². The van der Waals surface area contributed by atoms with E-state index < -0.39 is 4.92 Å². The Morgan fingerprint density at radius 2 is 2.20 bits per heavy atom. The Morgan fingerprint density at radius 3 is 2.84 bits per heavy atom. The molecule has 1 aromatic carbocycles. The molecule has 2 heterocycles. The summed E-state index contributed by atoms with van der Waals surface area (Å²) in [5.74, 6) is 1.05. The summed E-state index contributed by atoms with van der Waals surface area (Å²) in [7, 11) is 1.74. The minimum atomic E-state index is -0.455. The van der Waals surface area contributed by atoms with Gasteiger partial charge in [0.05, 0.1) is 16.9 Å². The summed E-state index contributed by atoms with van der Waals surface area (Å²) >= 11 is 6.56. The van der Waals surface area contributed by atoms with Crippen molar-refractivity contribution in [2.75, 3.05) is 0 Å². The SMILES string of the molecule is Cn1nnnc1SCc1n[nH]c(=S)n1/N=C/c1ccc([N+](=O)[O-])cc1. The van der Waals surface area contributed by atoms with E-state index in [1.165, 1.54) is 28.6 Å². The number of H-pyrrole nitrogens is 1. The molecule has 0 saturated heterocycles. The molecule has 2 aromatic heterocycles. The summed E-state index contributed by atoms with van der Waals surface area (Å²) in [5.41, 5.74) is 0.719. The molecule has 3 aromatic rings. The summed E-state index contributed by atoms with van der Waals surface area (Å²) in [5, 5.41) is 33.6. The third-order valence-corrected chi connectivity index (χ3v) is 4.33. The van der Waals surface area contributed by atoms with Crippen LogP contribution in [0.5, 0.6) is 0 Å². The van der Waals surface area contributed by atoms with Crippen LogP contribution in [0.4, 0.5) is 5.69 Å². The lowest BCUT2D eigenvalue weighted by Crippen LogP contribution is -1.99. The Bertz CT molecular complexity index is 973. The number of nitro benzene ring substituents is 1. The highest BCUT2D eigenvalue weighted by atomic mass is 32.2. The minimum Gasteiger partial charge on any atom is -0.258 e. The zero-order valence-electron chi connectivity index (χ0n) is 12.8. The maximum absolute atomic E-state index is 10.7. The lowest BCUT2D eigenvalue weighted by atomic mass is 10.2. The van der Waals surface area contributed by atoms with Crippen molar-refractivity contribution in [1.29, 1.82) is 0 Å². The van der Waals surface area contributed by atoms with Crippen molar-refractivity contribution in [3.63, 3.8) is 0 Å². The van der Waals surface area contributed by atoms with Crippen LogP contribution in [-0.2, 0) is 12.8 Å². The van der Waals surface area contributed by atoms with Crippen LogP contribution in [0.3, 0.4) is 0 Å². The largest absolute Gasteiger partial charge is 0.269 e. The first-order valence-corrected chi connectivity index (χ1v) is 8.24. The van der Waals surface area contributed by atoms with Gasteiger partial charge in [-0.15, -0.1) is 5.10 Å². The highest BCUT2D eigenvalue weighted by Crippen LogP contribution is 2.18. The van der Waals surface area contributed by atoms with Crippen molar-refractivity contribution in [2.24, 2.45) is 12.1 Å². The van der Waals surface area contributed by atoms with Gasteiger partial charge in [0, 0.05) is 19.2 Å². The van der Waals surface area contributed by atoms with E-state index in [2.05, 4.69) is 30.8 Å². The molecule has 0 unspecified atom stereocenters. The van der Waals surface area contributed by atoms with Crippen molar-refractivity contribution in [1.82, 2.24) is 35.1 Å². The maximum atomic E-state index is 10.7. The Hall–Kier alpha value is -2.93. The van der Waals surface area contributed by atoms with Gasteiger partial charge in [0.15, 0.2) is 5.82 Å². The van der Waals surface area contributed by atoms with E-state index in [0.29, 0.717) is 27.1 Å². The number of aromatic amines is 1. The van der Waals surface area contributed by atoms with Crippen LogP contribution in [0.2, 0.25) is 0 Å². The number of tetrazole rings is 1. The number of aromatic nitrogens is 7. The predicted octanol–water partition coefficient (Wildman–Crippen LogP) is 1.55.